The van der Waals surface area contributed by atoms with Crippen molar-refractivity contribution < 1.29 is 103 Å². The summed E-state index contributed by atoms with van der Waals surface area (Å²) in [6.45, 7) is 3.87. The van der Waals surface area contributed by atoms with Gasteiger partial charge in [0.05, 0.1) is 107 Å². The van der Waals surface area contributed by atoms with Crippen LogP contribution in [0.3, 0.4) is 0 Å². The van der Waals surface area contributed by atoms with Crippen molar-refractivity contribution in [2.45, 2.75) is 79.0 Å². The Morgan fingerprint density at radius 3 is 1.09 bits per heavy atom. The molecule has 0 bridgehead atoms. The Morgan fingerprint density at radius 1 is 0.380 bits per heavy atom. The summed E-state index contributed by atoms with van der Waals surface area (Å²) in [6, 6.07) is 44.8. The first-order chi connectivity index (χ1) is 70.7. The van der Waals surface area contributed by atoms with Crippen LogP contribution in [0.2, 0.25) is 0 Å². The van der Waals surface area contributed by atoms with Crippen LogP contribution < -0.4 is 63.9 Å². The standard InChI is InChI=1S/C37H30F2N6O7S.C36H29F2N7O5S.C28H21F2N5O8S.2H2O/c1-3-33-40-19-23(20-41-33)22-10-14-25(15-11-22)53(51,52)43-30-18-28(38)27(17-29(30)39)34(46)42-31(36(48)49)16-21-8-12-24(13-9-21)45-35(47)26-6-4-5-7-32(26)44(2)37(45)50;1-3-32-40-17-21(18-41-32)20-8-12-24(13-9-20)51-43-29-16-27(37)26(15-28(29)38)33(46)42-30(35(48)49)14-22-10-11-23(19-39-22)45-34(47)25-6-4-5-7-31(25)44(2)36(45)50;1-34-23-6-3-2-5-17(23)26(37)35(28(34)40)16-9-8-15(31-14-16)11-22(27(38)39)32-25(36)18-12-20(30)21(13-19(18)29)33-44(41,42)24-7-4-10-43-24;;/h4-15,17-20,31,43H,3,16H2,1-2H3,(H,42,46)(H,48,49);4-13,15-19,30,43H,3,14H2,1-2H3,(H,42,46)(H,48,49);2-10,12-14,22,33H,11H2,1H3,(H,32,36)(H,38,39);2*1H2/t31-;30-;22-;;/m000../s1. The molecule has 8 aromatic heterocycles. The summed E-state index contributed by atoms with van der Waals surface area (Å²) in [6.07, 6.45) is 10.5. The Balaban J connectivity index is 0.000000187. The van der Waals surface area contributed by atoms with Gasteiger partial charge in [0.2, 0.25) is 5.09 Å². The average molecular weight is 2110 g/mol. The lowest BCUT2D eigenvalue weighted by Gasteiger charge is -2.16. The van der Waals surface area contributed by atoms with Crippen LogP contribution in [0.15, 0.2) is 310 Å². The van der Waals surface area contributed by atoms with Gasteiger partial charge < -0.3 is 51.4 Å². The Kier molecular flexibility index (Phi) is 33.5. The predicted octanol–water partition coefficient (Wildman–Crippen LogP) is 9.67. The SMILES string of the molecule is CCc1ncc(-c2ccc(S(=O)(=O)Nc3cc(F)c(C(=O)N[C@@H](Cc4ccc(-n5c(=O)c6ccccc6n(C)c5=O)cc4)C(=O)O)cc3F)cc2)cn1.CCc1ncc(-c2ccc(SNc3cc(F)c(C(=O)N[C@@H](Cc4ccc(-n5c(=O)c6ccccc6n(C)c5=O)cn4)C(=O)O)cc3F)cc2)cn1.Cn1c(=O)n(-c2ccc(C[C@H](NC(=O)c3cc(F)c(NS(=O)(=O)c4ccco4)cc3F)C(=O)O)nc2)c(=O)c2ccccc21.O.O. The van der Waals surface area contributed by atoms with Crippen LogP contribution in [0.25, 0.3) is 72.0 Å². The fourth-order valence-electron chi connectivity index (χ4n) is 15.2. The molecule has 40 nitrogen and oxygen atoms in total. The molecule has 0 spiro atoms. The zero-order valence-electron chi connectivity index (χ0n) is 78.7. The molecule has 8 heterocycles. The number of carbonyl (C=O) groups excluding carboxylic acids is 3. The second-order valence-electron chi connectivity index (χ2n) is 32.7. The number of aromatic nitrogens is 12. The van der Waals surface area contributed by atoms with Gasteiger partial charge in [-0.05, 0) is 156 Å². The molecule has 0 saturated heterocycles. The first-order valence-electron chi connectivity index (χ1n) is 44.2. The number of nitrogens with one attached hydrogen (secondary N) is 6. The molecule has 0 aliphatic heterocycles. The van der Waals surface area contributed by atoms with Crippen molar-refractivity contribution in [2.75, 3.05) is 14.2 Å². The lowest BCUT2D eigenvalue weighted by Crippen LogP contribution is -2.42. The highest BCUT2D eigenvalue weighted by molar-refractivity contribution is 8.00. The summed E-state index contributed by atoms with van der Waals surface area (Å²) in [4.78, 5) is 178. The first-order valence-corrected chi connectivity index (χ1v) is 48.0. The van der Waals surface area contributed by atoms with Gasteiger partial charge in [-0.2, -0.15) is 8.42 Å². The highest BCUT2D eigenvalue weighted by Crippen LogP contribution is 2.32. The number of amides is 3. The summed E-state index contributed by atoms with van der Waals surface area (Å²) < 4.78 is 158. The molecule has 9 aromatic carbocycles. The summed E-state index contributed by atoms with van der Waals surface area (Å²) in [5.74, 6) is -14.0. The van der Waals surface area contributed by atoms with Crippen molar-refractivity contribution in [3.63, 3.8) is 0 Å². The summed E-state index contributed by atoms with van der Waals surface area (Å²) >= 11 is 1.03. The molecule has 0 saturated carbocycles. The second kappa shape index (κ2) is 46.3. The normalized spacial score (nSPS) is 11.8. The van der Waals surface area contributed by atoms with E-state index in [1.165, 1.54) is 126 Å². The van der Waals surface area contributed by atoms with Crippen LogP contribution in [0.5, 0.6) is 0 Å². The Hall–Kier alpha value is -18.5. The molecule has 150 heavy (non-hydrogen) atoms. The van der Waals surface area contributed by atoms with E-state index in [1.54, 1.807) is 110 Å². The van der Waals surface area contributed by atoms with Gasteiger partial charge in [0.1, 0.15) is 64.7 Å². The monoisotopic (exact) mass is 2110 g/mol. The van der Waals surface area contributed by atoms with Crippen LogP contribution >= 0.6 is 11.9 Å². The van der Waals surface area contributed by atoms with Gasteiger partial charge in [-0.25, -0.2) is 97.2 Å². The second-order valence-corrected chi connectivity index (χ2v) is 36.9. The van der Waals surface area contributed by atoms with Crippen LogP contribution in [0.4, 0.5) is 43.4 Å². The molecule has 17 aromatic rings. The smallest absolute Gasteiger partial charge is 0.335 e. The van der Waals surface area contributed by atoms with Crippen LogP contribution in [-0.4, -0.2) is 154 Å². The number of pyridine rings is 2. The van der Waals surface area contributed by atoms with E-state index in [0.29, 0.717) is 96.9 Å². The van der Waals surface area contributed by atoms with Crippen molar-refractivity contribution in [2.24, 2.45) is 21.1 Å². The number of furan rings is 1. The number of anilines is 3. The molecule has 3 amide bonds. The van der Waals surface area contributed by atoms with Gasteiger partial charge in [0.15, 0.2) is 0 Å². The number of hydrogen-bond donors (Lipinski definition) is 9. The Bertz CT molecular complexity index is 8740. The van der Waals surface area contributed by atoms with Gasteiger partial charge in [-0.15, -0.1) is 0 Å². The van der Waals surface area contributed by atoms with E-state index in [0.717, 1.165) is 67.4 Å². The lowest BCUT2D eigenvalue weighted by molar-refractivity contribution is -0.140. The number of aryl methyl sites for hydroxylation is 5. The molecule has 49 heteroatoms. The fraction of sp³-hybridized carbons (Fsp3) is 0.129. The number of carboxylic acids is 3. The Morgan fingerprint density at radius 2 is 0.727 bits per heavy atom. The van der Waals surface area contributed by atoms with E-state index in [9.17, 15) is 98.5 Å². The number of sulfonamides is 2. The highest BCUT2D eigenvalue weighted by atomic mass is 32.2. The zero-order valence-corrected chi connectivity index (χ0v) is 81.2. The van der Waals surface area contributed by atoms with E-state index in [2.05, 4.69) is 50.6 Å². The van der Waals surface area contributed by atoms with Crippen LogP contribution in [0.1, 0.15) is 73.5 Å². The van der Waals surface area contributed by atoms with E-state index in [1.807, 2.05) is 35.4 Å². The van der Waals surface area contributed by atoms with Gasteiger partial charge in [-0.1, -0.05) is 86.6 Å². The van der Waals surface area contributed by atoms with Gasteiger partial charge in [0.25, 0.3) is 54.4 Å². The average Bonchev–Trinajstić information content (AvgIpc) is 0.866. The van der Waals surface area contributed by atoms with Crippen molar-refractivity contribution in [1.82, 2.24) is 73.3 Å². The zero-order chi connectivity index (χ0) is 106. The molecule has 13 N–H and O–H groups in total. The number of carbonyl (C=O) groups is 6. The third kappa shape index (κ3) is 24.0. The number of para-hydroxylation sites is 3. The van der Waals surface area contributed by atoms with Crippen molar-refractivity contribution in [3.8, 4) is 39.3 Å². The maximum atomic E-state index is 15.2. The molecule has 0 radical (unpaired) electrons. The maximum absolute atomic E-state index is 15.2. The third-order valence-electron chi connectivity index (χ3n) is 23.1. The first kappa shape index (κ1) is 109. The molecule has 770 valence electrons. The highest BCUT2D eigenvalue weighted by Gasteiger charge is 2.32. The van der Waals surface area contributed by atoms with Crippen LogP contribution in [0, 0.1) is 34.9 Å². The minimum atomic E-state index is -4.40. The predicted molar refractivity (Wildman–Crippen MR) is 538 cm³/mol. The number of benzene rings is 9. The number of aliphatic carboxylic acids is 3. The maximum Gasteiger partial charge on any atom is 0.335 e. The number of fused-ring (bicyclic) bond motifs is 3. The number of halogens is 6. The number of hydrogen-bond acceptors (Lipinski definition) is 25. The van der Waals surface area contributed by atoms with Crippen LogP contribution in [-0.2, 0) is 87.7 Å². The van der Waals surface area contributed by atoms with E-state index in [-0.39, 0.29) is 62.8 Å². The molecule has 3 atom stereocenters. The minimum Gasteiger partial charge on any atom is -0.480 e. The topological polar surface area (TPSA) is 589 Å². The molecule has 0 unspecified atom stereocenters. The molecule has 17 rings (SSSR count). The van der Waals surface area contributed by atoms with Crippen molar-refractivity contribution >= 4 is 117 Å². The largest absolute Gasteiger partial charge is 0.480 e. The van der Waals surface area contributed by atoms with Gasteiger partial charge in [0, 0.05) is 124 Å². The molecular formula is C101H84F6N18O22S3. The van der Waals surface area contributed by atoms with Gasteiger partial charge >= 0.3 is 35.0 Å². The Labute approximate surface area is 846 Å². The van der Waals surface area contributed by atoms with Crippen molar-refractivity contribution in [3.05, 3.63) is 405 Å². The number of rotatable bonds is 31. The molecular weight excluding hydrogens is 2030 g/mol. The number of nitrogens with zero attached hydrogens (tertiary/aromatic N) is 12. The molecule has 0 fully saturated rings. The minimum absolute atomic E-state index is 0. The lowest BCUT2D eigenvalue weighted by atomic mass is 10.0. The van der Waals surface area contributed by atoms with E-state index >= 15 is 17.6 Å². The summed E-state index contributed by atoms with van der Waals surface area (Å²) in [5.41, 5.74) is -2.23. The van der Waals surface area contributed by atoms with Crippen molar-refractivity contribution in [1.29, 1.82) is 0 Å². The number of carboxylic acid groups (broad SMARTS) is 3. The van der Waals surface area contributed by atoms with E-state index < -0.39 is 182 Å². The molecule has 0 aliphatic rings. The summed E-state index contributed by atoms with van der Waals surface area (Å²) in [5, 5.41) is 36.1. The molecule has 0 aliphatic carbocycles. The van der Waals surface area contributed by atoms with E-state index in [4.69, 9.17) is 4.42 Å². The van der Waals surface area contributed by atoms with Gasteiger partial charge in [-0.3, -0.25) is 61.9 Å². The summed E-state index contributed by atoms with van der Waals surface area (Å²) in [7, 11) is -4.23. The third-order valence-corrected chi connectivity index (χ3v) is 26.6. The fourth-order valence-corrected chi connectivity index (χ4v) is 17.9. The quantitative estimate of drug-likeness (QED) is 0.0144.